The van der Waals surface area contributed by atoms with Crippen molar-refractivity contribution in [1.29, 1.82) is 0 Å². The highest BCUT2D eigenvalue weighted by Crippen LogP contribution is 2.20. The Labute approximate surface area is 181 Å². The molecule has 10 nitrogen and oxygen atoms in total. The van der Waals surface area contributed by atoms with Gasteiger partial charge in [0, 0.05) is 18.8 Å². The Hall–Kier alpha value is -3.28. The average Bonchev–Trinajstić information content (AvgIpc) is 2.75. The molecule has 1 aromatic carbocycles. The Kier molecular flexibility index (Phi) is 7.34. The zero-order valence-electron chi connectivity index (χ0n) is 17.3. The van der Waals surface area contributed by atoms with E-state index in [0.29, 0.717) is 35.4 Å². The van der Waals surface area contributed by atoms with Crippen molar-refractivity contribution < 1.29 is 13.0 Å². The van der Waals surface area contributed by atoms with E-state index >= 15 is 0 Å². The van der Waals surface area contributed by atoms with Crippen LogP contribution in [0, 0.1) is 0 Å². The van der Waals surface area contributed by atoms with Crippen molar-refractivity contribution in [3.8, 4) is 11.4 Å². The second-order valence-corrected chi connectivity index (χ2v) is 8.43. The summed E-state index contributed by atoms with van der Waals surface area (Å²) in [6.45, 7) is 1.66. The zero-order chi connectivity index (χ0) is 22.3. The van der Waals surface area contributed by atoms with Crippen molar-refractivity contribution in [3.63, 3.8) is 0 Å². The summed E-state index contributed by atoms with van der Waals surface area (Å²) in [6, 6.07) is 13.0. The van der Waals surface area contributed by atoms with Crippen LogP contribution < -0.4 is 16.2 Å². The van der Waals surface area contributed by atoms with Crippen molar-refractivity contribution in [1.82, 2.24) is 19.9 Å². The molecule has 0 unspecified atom stereocenters. The number of pyridine rings is 1. The molecule has 31 heavy (non-hydrogen) atoms. The van der Waals surface area contributed by atoms with Gasteiger partial charge in [-0.05, 0) is 63.5 Å². The molecule has 0 aliphatic heterocycles. The highest BCUT2D eigenvalue weighted by molar-refractivity contribution is 7.85. The van der Waals surface area contributed by atoms with Gasteiger partial charge in [-0.2, -0.15) is 13.4 Å². The van der Waals surface area contributed by atoms with Crippen LogP contribution in [0.1, 0.15) is 6.42 Å². The summed E-state index contributed by atoms with van der Waals surface area (Å²) >= 11 is 0. The molecule has 4 N–H and O–H groups in total. The summed E-state index contributed by atoms with van der Waals surface area (Å²) in [5.41, 5.74) is 7.89. The molecule has 3 aromatic rings. The first-order chi connectivity index (χ1) is 14.8. The monoisotopic (exact) mass is 443 g/mol. The highest BCUT2D eigenvalue weighted by Gasteiger charge is 2.10. The summed E-state index contributed by atoms with van der Waals surface area (Å²) in [5.74, 6) is 0.970. The maximum absolute atomic E-state index is 11.2. The van der Waals surface area contributed by atoms with Crippen LogP contribution in [0.5, 0.6) is 0 Å². The number of anilines is 3. The predicted octanol–water partition coefficient (Wildman–Crippen LogP) is 2.59. The van der Waals surface area contributed by atoms with Gasteiger partial charge in [0.1, 0.15) is 0 Å². The van der Waals surface area contributed by atoms with E-state index < -0.39 is 10.1 Å². The van der Waals surface area contributed by atoms with Crippen LogP contribution in [0.2, 0.25) is 0 Å². The van der Waals surface area contributed by atoms with Crippen molar-refractivity contribution >= 4 is 27.6 Å². The lowest BCUT2D eigenvalue weighted by Crippen LogP contribution is -2.17. The molecule has 11 heteroatoms. The van der Waals surface area contributed by atoms with Crippen LogP contribution in [0.25, 0.3) is 11.4 Å². The van der Waals surface area contributed by atoms with E-state index in [1.165, 1.54) is 24.3 Å². The van der Waals surface area contributed by atoms with Crippen LogP contribution in [-0.4, -0.2) is 60.0 Å². The van der Waals surface area contributed by atoms with E-state index in [4.69, 9.17) is 4.55 Å². The molecule has 0 atom stereocenters. The number of nitrogens with zero attached hydrogens (tertiary/aromatic N) is 4. The topological polar surface area (TPSA) is 132 Å². The van der Waals surface area contributed by atoms with Crippen molar-refractivity contribution in [2.45, 2.75) is 11.3 Å². The van der Waals surface area contributed by atoms with Crippen molar-refractivity contribution in [2.75, 3.05) is 43.4 Å². The molecule has 0 aliphatic rings. The first-order valence-electron chi connectivity index (χ1n) is 9.60. The Morgan fingerprint density at radius 2 is 1.77 bits per heavy atom. The third-order valence-electron chi connectivity index (χ3n) is 4.21. The minimum absolute atomic E-state index is 0.179. The van der Waals surface area contributed by atoms with Crippen LogP contribution in [0.15, 0.2) is 59.6 Å². The number of aromatic nitrogens is 3. The second-order valence-electron chi connectivity index (χ2n) is 7.01. The molecule has 0 spiro atoms. The molecule has 0 fully saturated rings. The molecule has 2 heterocycles. The predicted molar refractivity (Wildman–Crippen MR) is 120 cm³/mol. The van der Waals surface area contributed by atoms with Gasteiger partial charge in [0.2, 0.25) is 5.95 Å². The summed E-state index contributed by atoms with van der Waals surface area (Å²) < 4.78 is 31.4. The fourth-order valence-corrected chi connectivity index (χ4v) is 3.16. The SMILES string of the molecule is CN(C)CCCNc1nc(NNc2ccc(S(=O)(=O)O)cc2)cc(-c2ccccn2)n1. The number of rotatable bonds is 10. The molecule has 0 aliphatic carbocycles. The number of hydrogen-bond donors (Lipinski definition) is 4. The van der Waals surface area contributed by atoms with E-state index in [2.05, 4.69) is 36.0 Å². The quantitative estimate of drug-likeness (QED) is 0.210. The lowest BCUT2D eigenvalue weighted by Gasteiger charge is -2.13. The van der Waals surface area contributed by atoms with Crippen LogP contribution >= 0.6 is 0 Å². The Balaban J connectivity index is 1.75. The van der Waals surface area contributed by atoms with E-state index in [9.17, 15) is 8.42 Å². The molecule has 164 valence electrons. The molecule has 0 bridgehead atoms. The van der Waals surface area contributed by atoms with Crippen molar-refractivity contribution in [2.24, 2.45) is 0 Å². The third kappa shape index (κ3) is 6.88. The first-order valence-corrected chi connectivity index (χ1v) is 11.0. The molecule has 3 rings (SSSR count). The van der Waals surface area contributed by atoms with E-state index in [-0.39, 0.29) is 4.90 Å². The van der Waals surface area contributed by atoms with Gasteiger partial charge < -0.3 is 10.2 Å². The number of benzene rings is 1. The van der Waals surface area contributed by atoms with Gasteiger partial charge in [0.05, 0.1) is 22.0 Å². The summed E-state index contributed by atoms with van der Waals surface area (Å²) in [4.78, 5) is 15.3. The molecule has 0 radical (unpaired) electrons. The third-order valence-corrected chi connectivity index (χ3v) is 5.07. The smallest absolute Gasteiger partial charge is 0.294 e. The van der Waals surface area contributed by atoms with Gasteiger partial charge in [0.15, 0.2) is 5.82 Å². The van der Waals surface area contributed by atoms with Gasteiger partial charge in [-0.25, -0.2) is 4.98 Å². The molecular formula is C20H25N7O3S. The fraction of sp³-hybridized carbons (Fsp3) is 0.250. The highest BCUT2D eigenvalue weighted by atomic mass is 32.2. The molecule has 0 saturated carbocycles. The first kappa shape index (κ1) is 22.4. The normalized spacial score (nSPS) is 11.4. The number of hydrogen-bond acceptors (Lipinski definition) is 9. The minimum Gasteiger partial charge on any atom is -0.354 e. The molecule has 0 amide bonds. The Morgan fingerprint density at radius 3 is 2.42 bits per heavy atom. The van der Waals surface area contributed by atoms with Crippen molar-refractivity contribution in [3.05, 3.63) is 54.7 Å². The maximum Gasteiger partial charge on any atom is 0.294 e. The summed E-state index contributed by atoms with van der Waals surface area (Å²) in [7, 11) is -0.188. The standard InChI is InChI=1S/C20H25N7O3S/c1-27(2)13-5-12-22-20-23-18(17-6-3-4-11-21-17)14-19(24-20)26-25-15-7-9-16(10-8-15)31(28,29)30/h3-4,6-11,14,25H,5,12-13H2,1-2H3,(H,28,29,30)(H2,22,23,24,26). The average molecular weight is 444 g/mol. The lowest BCUT2D eigenvalue weighted by molar-refractivity contribution is 0.405. The van der Waals surface area contributed by atoms with Crippen LogP contribution in [0.4, 0.5) is 17.5 Å². The van der Waals surface area contributed by atoms with E-state index in [1.54, 1.807) is 12.3 Å². The second kappa shape index (κ2) is 10.2. The Bertz CT molecular complexity index is 1090. The summed E-state index contributed by atoms with van der Waals surface area (Å²) in [5, 5.41) is 3.23. The molecule has 2 aromatic heterocycles. The number of hydrazine groups is 1. The van der Waals surface area contributed by atoms with Crippen LogP contribution in [-0.2, 0) is 10.1 Å². The van der Waals surface area contributed by atoms with Gasteiger partial charge in [-0.15, -0.1) is 0 Å². The fourth-order valence-electron chi connectivity index (χ4n) is 2.68. The van der Waals surface area contributed by atoms with E-state index in [0.717, 1.165) is 13.0 Å². The van der Waals surface area contributed by atoms with Crippen LogP contribution in [0.3, 0.4) is 0 Å². The lowest BCUT2D eigenvalue weighted by atomic mass is 10.2. The number of nitrogens with one attached hydrogen (secondary N) is 3. The summed E-state index contributed by atoms with van der Waals surface area (Å²) in [6.07, 6.45) is 2.63. The Morgan fingerprint density at radius 1 is 1.00 bits per heavy atom. The van der Waals surface area contributed by atoms with Gasteiger partial charge in [-0.1, -0.05) is 6.07 Å². The largest absolute Gasteiger partial charge is 0.354 e. The van der Waals surface area contributed by atoms with Gasteiger partial charge in [0.25, 0.3) is 10.1 Å². The minimum atomic E-state index is -4.23. The zero-order valence-corrected chi connectivity index (χ0v) is 18.1. The molecular weight excluding hydrogens is 418 g/mol. The molecule has 0 saturated heterocycles. The van der Waals surface area contributed by atoms with E-state index in [1.807, 2.05) is 32.3 Å². The maximum atomic E-state index is 11.2. The van der Waals surface area contributed by atoms with Gasteiger partial charge >= 0.3 is 0 Å². The van der Waals surface area contributed by atoms with Gasteiger partial charge in [-0.3, -0.25) is 20.4 Å².